The molecule has 2 aromatic heterocycles. The number of fused-ring (bicyclic) bond motifs is 6. The first kappa shape index (κ1) is 20.8. The van der Waals surface area contributed by atoms with Crippen LogP contribution in [0, 0.1) is 0 Å². The first-order valence-electron chi connectivity index (χ1n) is 11.8. The van der Waals surface area contributed by atoms with Crippen LogP contribution >= 0.6 is 0 Å². The standard InChI is InChI=1S/C30H26N2O2/c1-3-29(22-12-6-4-10-20(22)27-24(29)14-8-16-31-27)19-30(18-26(33)34-2)23-13-7-5-11-21(23)28-25(30)15-9-17-32-28/h4-17H,3,18-19H2,1-2H3. The summed E-state index contributed by atoms with van der Waals surface area (Å²) in [6.07, 6.45) is 5.60. The van der Waals surface area contributed by atoms with E-state index < -0.39 is 5.41 Å². The van der Waals surface area contributed by atoms with Crippen LogP contribution in [0.3, 0.4) is 0 Å². The zero-order valence-corrected chi connectivity index (χ0v) is 19.4. The van der Waals surface area contributed by atoms with Crippen molar-refractivity contribution in [3.8, 4) is 22.5 Å². The molecule has 4 aromatic rings. The molecule has 4 heteroatoms. The zero-order chi connectivity index (χ0) is 23.3. The van der Waals surface area contributed by atoms with Crippen molar-refractivity contribution < 1.29 is 9.53 Å². The van der Waals surface area contributed by atoms with Gasteiger partial charge in [-0.2, -0.15) is 0 Å². The summed E-state index contributed by atoms with van der Waals surface area (Å²) in [5.41, 5.74) is 8.21. The fourth-order valence-electron chi connectivity index (χ4n) is 6.49. The van der Waals surface area contributed by atoms with E-state index in [1.54, 1.807) is 0 Å². The van der Waals surface area contributed by atoms with Gasteiger partial charge in [0, 0.05) is 34.4 Å². The molecule has 2 aliphatic rings. The highest BCUT2D eigenvalue weighted by atomic mass is 16.5. The molecule has 0 N–H and O–H groups in total. The molecule has 0 saturated carbocycles. The molecule has 2 atom stereocenters. The van der Waals surface area contributed by atoms with Gasteiger partial charge in [-0.3, -0.25) is 14.8 Å². The molecule has 2 heterocycles. The Morgan fingerprint density at radius 3 is 1.79 bits per heavy atom. The number of rotatable bonds is 5. The number of aromatic nitrogens is 2. The molecule has 34 heavy (non-hydrogen) atoms. The summed E-state index contributed by atoms with van der Waals surface area (Å²) in [5.74, 6) is -0.213. The van der Waals surface area contributed by atoms with Gasteiger partial charge >= 0.3 is 5.97 Å². The van der Waals surface area contributed by atoms with Crippen molar-refractivity contribution in [3.05, 3.63) is 107 Å². The summed E-state index contributed by atoms with van der Waals surface area (Å²) in [6.45, 7) is 2.25. The zero-order valence-electron chi connectivity index (χ0n) is 19.4. The maximum atomic E-state index is 13.0. The van der Waals surface area contributed by atoms with Gasteiger partial charge in [0.05, 0.1) is 24.9 Å². The largest absolute Gasteiger partial charge is 0.469 e. The Bertz CT molecular complexity index is 1330. The van der Waals surface area contributed by atoms with Crippen LogP contribution in [0.25, 0.3) is 22.5 Å². The lowest BCUT2D eigenvalue weighted by atomic mass is 9.60. The predicted octanol–water partition coefficient (Wildman–Crippen LogP) is 6.07. The number of benzene rings is 2. The van der Waals surface area contributed by atoms with Gasteiger partial charge in [-0.05, 0) is 47.2 Å². The molecule has 6 rings (SSSR count). The van der Waals surface area contributed by atoms with Crippen LogP contribution in [0.4, 0.5) is 0 Å². The monoisotopic (exact) mass is 446 g/mol. The van der Waals surface area contributed by atoms with E-state index in [2.05, 4.69) is 61.5 Å². The Balaban J connectivity index is 1.65. The highest BCUT2D eigenvalue weighted by Gasteiger charge is 2.53. The Morgan fingerprint density at radius 1 is 0.735 bits per heavy atom. The van der Waals surface area contributed by atoms with Crippen molar-refractivity contribution in [3.63, 3.8) is 0 Å². The van der Waals surface area contributed by atoms with E-state index in [1.165, 1.54) is 23.8 Å². The third-order valence-corrected chi connectivity index (χ3v) is 7.92. The van der Waals surface area contributed by atoms with Crippen molar-refractivity contribution in [2.24, 2.45) is 0 Å². The molecule has 0 spiro atoms. The Kier molecular flexibility index (Phi) is 4.66. The molecule has 2 aromatic carbocycles. The van der Waals surface area contributed by atoms with Crippen LogP contribution in [-0.4, -0.2) is 23.0 Å². The number of hydrogen-bond donors (Lipinski definition) is 0. The van der Waals surface area contributed by atoms with Gasteiger partial charge in [0.2, 0.25) is 0 Å². The summed E-state index contributed by atoms with van der Waals surface area (Å²) in [5, 5.41) is 0. The number of methoxy groups -OCH3 is 1. The van der Waals surface area contributed by atoms with Crippen LogP contribution in [0.15, 0.2) is 85.2 Å². The van der Waals surface area contributed by atoms with E-state index in [-0.39, 0.29) is 17.8 Å². The molecule has 0 aliphatic heterocycles. The minimum Gasteiger partial charge on any atom is -0.469 e. The third-order valence-electron chi connectivity index (χ3n) is 7.92. The topological polar surface area (TPSA) is 52.1 Å². The lowest BCUT2D eigenvalue weighted by Gasteiger charge is -2.41. The second-order valence-corrected chi connectivity index (χ2v) is 9.34. The maximum Gasteiger partial charge on any atom is 0.306 e. The molecule has 0 radical (unpaired) electrons. The van der Waals surface area contributed by atoms with Crippen LogP contribution in [0.5, 0.6) is 0 Å². The van der Waals surface area contributed by atoms with E-state index in [1.807, 2.05) is 30.6 Å². The first-order valence-corrected chi connectivity index (χ1v) is 11.8. The summed E-state index contributed by atoms with van der Waals surface area (Å²) >= 11 is 0. The average molecular weight is 447 g/mol. The van der Waals surface area contributed by atoms with Gasteiger partial charge in [0.25, 0.3) is 0 Å². The molecular weight excluding hydrogens is 420 g/mol. The Hall–Kier alpha value is -3.79. The molecule has 2 aliphatic carbocycles. The second kappa shape index (κ2) is 7.63. The van der Waals surface area contributed by atoms with Crippen molar-refractivity contribution >= 4 is 5.97 Å². The number of esters is 1. The van der Waals surface area contributed by atoms with Crippen LogP contribution in [0.2, 0.25) is 0 Å². The van der Waals surface area contributed by atoms with Crippen LogP contribution in [0.1, 0.15) is 48.4 Å². The van der Waals surface area contributed by atoms with Crippen LogP contribution < -0.4 is 0 Å². The molecule has 0 saturated heterocycles. The molecule has 2 unspecified atom stereocenters. The first-order chi connectivity index (χ1) is 16.6. The van der Waals surface area contributed by atoms with E-state index in [0.29, 0.717) is 0 Å². The molecule has 0 bridgehead atoms. The maximum absolute atomic E-state index is 13.0. The molecule has 168 valence electrons. The third kappa shape index (κ3) is 2.68. The van der Waals surface area contributed by atoms with Crippen molar-refractivity contribution in [2.75, 3.05) is 7.11 Å². The lowest BCUT2D eigenvalue weighted by Crippen LogP contribution is -2.39. The summed E-state index contributed by atoms with van der Waals surface area (Å²) in [6, 6.07) is 25.3. The lowest BCUT2D eigenvalue weighted by molar-refractivity contribution is -0.141. The van der Waals surface area contributed by atoms with E-state index in [9.17, 15) is 4.79 Å². The predicted molar refractivity (Wildman–Crippen MR) is 132 cm³/mol. The fraction of sp³-hybridized carbons (Fsp3) is 0.233. The minimum absolute atomic E-state index is 0.213. The minimum atomic E-state index is -0.562. The number of carbonyl (C=O) groups is 1. The number of pyridine rings is 2. The average Bonchev–Trinajstić information content (AvgIpc) is 3.33. The van der Waals surface area contributed by atoms with Crippen molar-refractivity contribution in [1.29, 1.82) is 0 Å². The number of ether oxygens (including phenoxy) is 1. The van der Waals surface area contributed by atoms with Gasteiger partial charge in [-0.15, -0.1) is 0 Å². The highest BCUT2D eigenvalue weighted by Crippen LogP contribution is 2.60. The summed E-state index contributed by atoms with van der Waals surface area (Å²) < 4.78 is 5.27. The van der Waals surface area contributed by atoms with Crippen molar-refractivity contribution in [1.82, 2.24) is 9.97 Å². The Labute approximate surface area is 199 Å². The molecule has 0 fully saturated rings. The number of hydrogen-bond acceptors (Lipinski definition) is 4. The van der Waals surface area contributed by atoms with Gasteiger partial charge in [0.1, 0.15) is 0 Å². The SMILES string of the molecule is CCC1(CC2(CC(=O)OC)c3ccccc3-c3ncccc32)c2ccccc2-c2ncccc21. The smallest absolute Gasteiger partial charge is 0.306 e. The normalized spacial score (nSPS) is 21.4. The van der Waals surface area contributed by atoms with Gasteiger partial charge in [0.15, 0.2) is 0 Å². The van der Waals surface area contributed by atoms with Gasteiger partial charge < -0.3 is 4.74 Å². The molecule has 0 amide bonds. The molecular formula is C30H26N2O2. The quantitative estimate of drug-likeness (QED) is 0.349. The van der Waals surface area contributed by atoms with E-state index in [0.717, 1.165) is 40.9 Å². The second-order valence-electron chi connectivity index (χ2n) is 9.34. The fourth-order valence-corrected chi connectivity index (χ4v) is 6.49. The molecule has 4 nitrogen and oxygen atoms in total. The summed E-state index contributed by atoms with van der Waals surface area (Å²) in [7, 11) is 1.47. The van der Waals surface area contributed by atoms with Gasteiger partial charge in [-0.25, -0.2) is 0 Å². The van der Waals surface area contributed by atoms with Gasteiger partial charge in [-0.1, -0.05) is 67.6 Å². The van der Waals surface area contributed by atoms with Crippen molar-refractivity contribution in [2.45, 2.75) is 37.0 Å². The number of nitrogens with zero attached hydrogens (tertiary/aromatic N) is 2. The summed E-state index contributed by atoms with van der Waals surface area (Å²) in [4.78, 5) is 22.6. The Morgan fingerprint density at radius 2 is 1.24 bits per heavy atom. The number of carbonyl (C=O) groups excluding carboxylic acids is 1. The van der Waals surface area contributed by atoms with Crippen LogP contribution in [-0.2, 0) is 20.4 Å². The van der Waals surface area contributed by atoms with E-state index in [4.69, 9.17) is 14.7 Å². The highest BCUT2D eigenvalue weighted by molar-refractivity contribution is 5.84. The van der Waals surface area contributed by atoms with E-state index >= 15 is 0 Å².